The number of likely N-dealkylation sites (tertiary alicyclic amines) is 1. The first-order chi connectivity index (χ1) is 5.12. The van der Waals surface area contributed by atoms with Crippen LogP contribution in [0.4, 0.5) is 0 Å². The molecule has 2 atom stereocenters. The van der Waals surface area contributed by atoms with E-state index in [1.165, 1.54) is 6.42 Å². The third-order valence-electron chi connectivity index (χ3n) is 3.41. The minimum atomic E-state index is -0.238. The van der Waals surface area contributed by atoms with Crippen LogP contribution >= 0.6 is 0 Å². The third-order valence-corrected chi connectivity index (χ3v) is 3.41. The van der Waals surface area contributed by atoms with Crippen molar-refractivity contribution < 1.29 is 5.11 Å². The fourth-order valence-corrected chi connectivity index (χ4v) is 2.41. The van der Waals surface area contributed by atoms with Crippen LogP contribution in [0, 0.1) is 5.41 Å². The predicted octanol–water partition coefficient (Wildman–Crippen LogP) is -0.598. The summed E-state index contributed by atoms with van der Waals surface area (Å²) in [5.41, 5.74) is 6.01. The molecule has 2 fully saturated rings. The Kier molecular flexibility index (Phi) is 1.35. The molecule has 1 aliphatic carbocycles. The number of aliphatic hydroxyl groups excluding tert-OH is 1. The molecule has 3 nitrogen and oxygen atoms in total. The fourth-order valence-electron chi connectivity index (χ4n) is 2.41. The average molecular weight is 156 g/mol. The molecule has 64 valence electrons. The van der Waals surface area contributed by atoms with Crippen molar-refractivity contribution in [3.05, 3.63) is 0 Å². The van der Waals surface area contributed by atoms with Crippen LogP contribution in [0.3, 0.4) is 0 Å². The van der Waals surface area contributed by atoms with E-state index in [9.17, 15) is 0 Å². The zero-order valence-corrected chi connectivity index (χ0v) is 7.01. The number of nitrogens with zero attached hydrogens (tertiary/aromatic N) is 1. The van der Waals surface area contributed by atoms with Crippen LogP contribution in [0.5, 0.6) is 0 Å². The highest BCUT2D eigenvalue weighted by atomic mass is 16.3. The predicted molar refractivity (Wildman–Crippen MR) is 43.2 cm³/mol. The summed E-state index contributed by atoms with van der Waals surface area (Å²) in [6.45, 7) is 2.36. The second-order valence-electron chi connectivity index (χ2n) is 4.26. The molecule has 3 N–H and O–H groups in total. The Hall–Kier alpha value is -0.120. The molecule has 3 heteroatoms. The topological polar surface area (TPSA) is 49.5 Å². The van der Waals surface area contributed by atoms with Crippen LogP contribution in [0.15, 0.2) is 0 Å². The van der Waals surface area contributed by atoms with Gasteiger partial charge in [0.1, 0.15) is 0 Å². The maximum Gasteiger partial charge on any atom is 0.0617 e. The third kappa shape index (κ3) is 0.849. The Labute approximate surface area is 67.2 Å². The number of hydrogen-bond acceptors (Lipinski definition) is 3. The monoisotopic (exact) mass is 156 g/mol. The number of hydrogen-bond donors (Lipinski definition) is 2. The largest absolute Gasteiger partial charge is 0.394 e. The van der Waals surface area contributed by atoms with Gasteiger partial charge in [0, 0.05) is 17.5 Å². The molecule has 0 bridgehead atoms. The van der Waals surface area contributed by atoms with Crippen LogP contribution in [0.2, 0.25) is 0 Å². The summed E-state index contributed by atoms with van der Waals surface area (Å²) in [5.74, 6) is 0. The summed E-state index contributed by atoms with van der Waals surface area (Å²) in [4.78, 5) is 2.30. The van der Waals surface area contributed by atoms with Gasteiger partial charge in [0.2, 0.25) is 0 Å². The van der Waals surface area contributed by atoms with Gasteiger partial charge in [-0.3, -0.25) is 0 Å². The SMILES string of the molecule is CN1CCC2(C1)CC2(N)CO. The molecular formula is C8H16N2O. The van der Waals surface area contributed by atoms with Crippen molar-refractivity contribution in [1.29, 1.82) is 0 Å². The lowest BCUT2D eigenvalue weighted by molar-refractivity contribution is 0.224. The normalized spacial score (nSPS) is 50.5. The molecule has 1 aliphatic heterocycles. The van der Waals surface area contributed by atoms with Crippen molar-refractivity contribution in [3.63, 3.8) is 0 Å². The van der Waals surface area contributed by atoms with Crippen molar-refractivity contribution in [3.8, 4) is 0 Å². The Morgan fingerprint density at radius 1 is 1.64 bits per heavy atom. The summed E-state index contributed by atoms with van der Waals surface area (Å²) >= 11 is 0. The molecule has 0 aromatic heterocycles. The van der Waals surface area contributed by atoms with Crippen molar-refractivity contribution in [1.82, 2.24) is 4.90 Å². The fraction of sp³-hybridized carbons (Fsp3) is 1.00. The first-order valence-corrected chi connectivity index (χ1v) is 4.20. The minimum absolute atomic E-state index is 0.154. The molecule has 0 aromatic rings. The smallest absolute Gasteiger partial charge is 0.0617 e. The molecule has 2 unspecified atom stereocenters. The van der Waals surface area contributed by atoms with Gasteiger partial charge in [-0.05, 0) is 26.4 Å². The van der Waals surface area contributed by atoms with Gasteiger partial charge in [0.15, 0.2) is 0 Å². The first-order valence-electron chi connectivity index (χ1n) is 4.20. The van der Waals surface area contributed by atoms with Gasteiger partial charge in [-0.1, -0.05) is 0 Å². The van der Waals surface area contributed by atoms with E-state index in [2.05, 4.69) is 11.9 Å². The van der Waals surface area contributed by atoms with Gasteiger partial charge in [-0.2, -0.15) is 0 Å². The maximum absolute atomic E-state index is 9.03. The van der Waals surface area contributed by atoms with Crippen LogP contribution in [0.1, 0.15) is 12.8 Å². The van der Waals surface area contributed by atoms with Gasteiger partial charge in [0.25, 0.3) is 0 Å². The molecule has 0 aromatic carbocycles. The van der Waals surface area contributed by atoms with E-state index in [1.807, 2.05) is 0 Å². The molecule has 1 saturated heterocycles. The molecule has 1 saturated carbocycles. The second-order valence-corrected chi connectivity index (χ2v) is 4.26. The van der Waals surface area contributed by atoms with Crippen LogP contribution in [-0.2, 0) is 0 Å². The molecule has 2 rings (SSSR count). The van der Waals surface area contributed by atoms with Gasteiger partial charge in [-0.15, -0.1) is 0 Å². The summed E-state index contributed by atoms with van der Waals surface area (Å²) in [7, 11) is 2.12. The van der Waals surface area contributed by atoms with Crippen molar-refractivity contribution in [2.45, 2.75) is 18.4 Å². The lowest BCUT2D eigenvalue weighted by Crippen LogP contribution is -2.35. The van der Waals surface area contributed by atoms with Gasteiger partial charge in [-0.25, -0.2) is 0 Å². The van der Waals surface area contributed by atoms with Crippen molar-refractivity contribution in [2.75, 3.05) is 26.7 Å². The highest BCUT2D eigenvalue weighted by Gasteiger charge is 2.66. The van der Waals surface area contributed by atoms with Crippen LogP contribution in [0.25, 0.3) is 0 Å². The van der Waals surface area contributed by atoms with E-state index in [0.29, 0.717) is 0 Å². The van der Waals surface area contributed by atoms with E-state index >= 15 is 0 Å². The Balaban J connectivity index is 2.07. The summed E-state index contributed by atoms with van der Waals surface area (Å²) in [5, 5.41) is 9.03. The molecule has 1 heterocycles. The van der Waals surface area contributed by atoms with Crippen molar-refractivity contribution >= 4 is 0 Å². The van der Waals surface area contributed by atoms with E-state index in [1.54, 1.807) is 0 Å². The van der Waals surface area contributed by atoms with Crippen LogP contribution < -0.4 is 5.73 Å². The van der Waals surface area contributed by atoms with Gasteiger partial charge >= 0.3 is 0 Å². The second kappa shape index (κ2) is 1.97. The Morgan fingerprint density at radius 2 is 2.36 bits per heavy atom. The minimum Gasteiger partial charge on any atom is -0.394 e. The lowest BCUT2D eigenvalue weighted by atomic mass is 10.00. The van der Waals surface area contributed by atoms with E-state index in [4.69, 9.17) is 10.8 Å². The molecule has 1 spiro atoms. The highest BCUT2D eigenvalue weighted by Crippen LogP contribution is 2.59. The summed E-state index contributed by atoms with van der Waals surface area (Å²) in [6.07, 6.45) is 2.18. The van der Waals surface area contributed by atoms with Crippen molar-refractivity contribution in [2.24, 2.45) is 11.1 Å². The summed E-state index contributed by atoms with van der Waals surface area (Å²) < 4.78 is 0. The van der Waals surface area contributed by atoms with E-state index < -0.39 is 0 Å². The van der Waals surface area contributed by atoms with E-state index in [0.717, 1.165) is 19.5 Å². The number of rotatable bonds is 1. The van der Waals surface area contributed by atoms with Gasteiger partial charge in [0.05, 0.1) is 6.61 Å². The highest BCUT2D eigenvalue weighted by molar-refractivity contribution is 5.22. The van der Waals surface area contributed by atoms with E-state index in [-0.39, 0.29) is 17.6 Å². The molecule has 0 radical (unpaired) electrons. The number of aliphatic hydroxyl groups is 1. The molecule has 11 heavy (non-hydrogen) atoms. The molecule has 0 amide bonds. The quantitative estimate of drug-likeness (QED) is 0.533. The maximum atomic E-state index is 9.03. The van der Waals surface area contributed by atoms with Gasteiger partial charge < -0.3 is 15.7 Å². The Bertz CT molecular complexity index is 181. The lowest BCUT2D eigenvalue weighted by Gasteiger charge is -2.14. The zero-order chi connectivity index (χ0) is 8.11. The first kappa shape index (κ1) is 7.53. The summed E-state index contributed by atoms with van der Waals surface area (Å²) in [6, 6.07) is 0. The van der Waals surface area contributed by atoms with Crippen LogP contribution in [-0.4, -0.2) is 42.3 Å². The Morgan fingerprint density at radius 3 is 2.73 bits per heavy atom. The molecule has 2 aliphatic rings. The molecular weight excluding hydrogens is 140 g/mol. The standard InChI is InChI=1S/C8H16N2O/c1-10-3-2-7(5-10)4-8(7,9)6-11/h11H,2-6,9H2,1H3. The average Bonchev–Trinajstić information content (AvgIpc) is 2.32. The zero-order valence-electron chi connectivity index (χ0n) is 7.01. The number of nitrogens with two attached hydrogens (primary N) is 1.